The maximum atomic E-state index is 12.7. The van der Waals surface area contributed by atoms with Gasteiger partial charge in [0.2, 0.25) is 5.43 Å². The highest BCUT2D eigenvalue weighted by Gasteiger charge is 2.14. The first-order chi connectivity index (χ1) is 15.9. The zero-order valence-corrected chi connectivity index (χ0v) is 18.4. The van der Waals surface area contributed by atoms with Crippen molar-refractivity contribution in [2.45, 2.75) is 19.9 Å². The summed E-state index contributed by atoms with van der Waals surface area (Å²) in [5.74, 6) is -0.158. The highest BCUT2D eigenvalue weighted by Crippen LogP contribution is 2.21. The summed E-state index contributed by atoms with van der Waals surface area (Å²) in [6.45, 7) is 2.25. The Balaban J connectivity index is 1.37. The van der Waals surface area contributed by atoms with Crippen molar-refractivity contribution in [1.29, 1.82) is 0 Å². The number of nitrogens with zero attached hydrogens (tertiary/aromatic N) is 3. The maximum Gasteiger partial charge on any atom is 0.313 e. The molecule has 0 unspecified atom stereocenters. The minimum atomic E-state index is -0.420. The number of carbonyl (C=O) groups is 2. The van der Waals surface area contributed by atoms with Gasteiger partial charge in [-0.2, -0.15) is 5.10 Å². The van der Waals surface area contributed by atoms with E-state index in [1.165, 1.54) is 6.20 Å². The fourth-order valence-electron chi connectivity index (χ4n) is 3.46. The molecule has 0 saturated carbocycles. The van der Waals surface area contributed by atoms with E-state index in [-0.39, 0.29) is 24.3 Å². The van der Waals surface area contributed by atoms with Crippen LogP contribution >= 0.6 is 0 Å². The molecule has 4 aromatic rings. The number of benzene rings is 3. The average molecular weight is 441 g/mol. The third-order valence-corrected chi connectivity index (χ3v) is 5.35. The number of fused-ring (bicyclic) bond motifs is 1. The lowest BCUT2D eigenvalue weighted by molar-refractivity contribution is -0.134. The van der Waals surface area contributed by atoms with Gasteiger partial charge >= 0.3 is 5.97 Å². The molecule has 4 rings (SSSR count). The van der Waals surface area contributed by atoms with Crippen LogP contribution in [0.25, 0.3) is 10.9 Å². The van der Waals surface area contributed by atoms with Crippen LogP contribution in [0.1, 0.15) is 22.3 Å². The average Bonchev–Trinajstić information content (AvgIpc) is 2.84. The highest BCUT2D eigenvalue weighted by atomic mass is 16.5. The molecule has 1 aromatic heterocycles. The molecule has 0 aliphatic heterocycles. The summed E-state index contributed by atoms with van der Waals surface area (Å²) in [7, 11) is 1.70. The van der Waals surface area contributed by atoms with Crippen LogP contribution in [-0.4, -0.2) is 28.7 Å². The number of esters is 1. The first kappa shape index (κ1) is 22.0. The molecule has 3 aromatic carbocycles. The number of para-hydroxylation sites is 1. The number of rotatable bonds is 6. The van der Waals surface area contributed by atoms with Crippen molar-refractivity contribution in [3.05, 3.63) is 100 Å². The monoisotopic (exact) mass is 441 g/mol. The zero-order valence-electron chi connectivity index (χ0n) is 18.4. The van der Waals surface area contributed by atoms with Crippen molar-refractivity contribution in [3.63, 3.8) is 0 Å². The Bertz CT molecular complexity index is 1360. The smallest absolute Gasteiger partial charge is 0.313 e. The van der Waals surface area contributed by atoms with Crippen LogP contribution < -0.4 is 15.1 Å². The van der Waals surface area contributed by atoms with Gasteiger partial charge in [0.1, 0.15) is 5.75 Å². The van der Waals surface area contributed by atoms with Crippen LogP contribution in [0.15, 0.2) is 83.8 Å². The molecule has 0 atom stereocenters. The van der Waals surface area contributed by atoms with Crippen molar-refractivity contribution < 1.29 is 14.3 Å². The van der Waals surface area contributed by atoms with Crippen molar-refractivity contribution in [3.8, 4) is 5.75 Å². The van der Waals surface area contributed by atoms with E-state index in [0.29, 0.717) is 27.9 Å². The fourth-order valence-corrected chi connectivity index (χ4v) is 3.46. The molecular formula is C26H23N3O4. The lowest BCUT2D eigenvalue weighted by Crippen LogP contribution is -2.26. The molecule has 0 aliphatic rings. The van der Waals surface area contributed by atoms with Gasteiger partial charge in [0.15, 0.2) is 0 Å². The second kappa shape index (κ2) is 9.48. The zero-order chi connectivity index (χ0) is 23.4. The SMILES string of the molecule is Cc1ccc(C(=O)N(C)c2ccc(OC(=O)CCn3ncc(=O)c4ccccc43)cc2)cc1. The summed E-state index contributed by atoms with van der Waals surface area (Å²) < 4.78 is 7.04. The number of aryl methyl sites for hydroxylation is 2. The third kappa shape index (κ3) is 4.98. The molecule has 0 spiro atoms. The number of anilines is 1. The Morgan fingerprint density at radius 3 is 2.39 bits per heavy atom. The summed E-state index contributed by atoms with van der Waals surface area (Å²) in [6, 6.07) is 21.3. The van der Waals surface area contributed by atoms with Gasteiger partial charge in [-0.25, -0.2) is 0 Å². The maximum absolute atomic E-state index is 12.7. The third-order valence-electron chi connectivity index (χ3n) is 5.35. The van der Waals surface area contributed by atoms with Crippen LogP contribution in [0.2, 0.25) is 0 Å². The number of ether oxygens (including phenoxy) is 1. The second-order valence-corrected chi connectivity index (χ2v) is 7.70. The van der Waals surface area contributed by atoms with E-state index in [9.17, 15) is 14.4 Å². The Labute approximate surface area is 190 Å². The number of aromatic nitrogens is 2. The van der Waals surface area contributed by atoms with E-state index < -0.39 is 5.97 Å². The van der Waals surface area contributed by atoms with Gasteiger partial charge in [-0.15, -0.1) is 0 Å². The Hall–Kier alpha value is -4.26. The molecule has 0 saturated heterocycles. The number of amides is 1. The normalized spacial score (nSPS) is 10.7. The Kier molecular flexibility index (Phi) is 6.31. The van der Waals surface area contributed by atoms with E-state index in [0.717, 1.165) is 5.56 Å². The second-order valence-electron chi connectivity index (χ2n) is 7.70. The van der Waals surface area contributed by atoms with E-state index >= 15 is 0 Å². The van der Waals surface area contributed by atoms with Gasteiger partial charge in [-0.05, 0) is 55.5 Å². The van der Waals surface area contributed by atoms with Crippen LogP contribution in [0.4, 0.5) is 5.69 Å². The number of hydrogen-bond donors (Lipinski definition) is 0. The largest absolute Gasteiger partial charge is 0.426 e. The van der Waals surface area contributed by atoms with E-state index in [1.807, 2.05) is 25.1 Å². The molecule has 0 radical (unpaired) electrons. The summed E-state index contributed by atoms with van der Waals surface area (Å²) >= 11 is 0. The van der Waals surface area contributed by atoms with Gasteiger partial charge < -0.3 is 9.64 Å². The molecule has 0 aliphatic carbocycles. The minimum Gasteiger partial charge on any atom is -0.426 e. The number of hydrogen-bond acceptors (Lipinski definition) is 5. The highest BCUT2D eigenvalue weighted by molar-refractivity contribution is 6.05. The Morgan fingerprint density at radius 2 is 1.67 bits per heavy atom. The van der Waals surface area contributed by atoms with Crippen LogP contribution in [0.3, 0.4) is 0 Å². The van der Waals surface area contributed by atoms with Gasteiger partial charge in [0.05, 0.1) is 24.7 Å². The molecular weight excluding hydrogens is 418 g/mol. The van der Waals surface area contributed by atoms with Crippen molar-refractivity contribution in [2.24, 2.45) is 0 Å². The van der Waals surface area contributed by atoms with Crippen molar-refractivity contribution in [1.82, 2.24) is 9.78 Å². The molecule has 0 N–H and O–H groups in total. The standard InChI is InChI=1S/C26H23N3O4/c1-18-7-9-19(10-8-18)26(32)28(2)20-11-13-21(14-12-20)33-25(31)15-16-29-23-6-4-3-5-22(23)24(30)17-27-29/h3-14,17H,15-16H2,1-2H3. The predicted octanol–water partition coefficient (Wildman–Crippen LogP) is 3.98. The van der Waals surface area contributed by atoms with Crippen molar-refractivity contribution >= 4 is 28.5 Å². The Morgan fingerprint density at radius 1 is 0.970 bits per heavy atom. The predicted molar refractivity (Wildman–Crippen MR) is 127 cm³/mol. The summed E-state index contributed by atoms with van der Waals surface area (Å²) in [6.07, 6.45) is 1.34. The summed E-state index contributed by atoms with van der Waals surface area (Å²) in [5, 5.41) is 4.68. The van der Waals surface area contributed by atoms with Gasteiger partial charge in [0.25, 0.3) is 5.91 Å². The van der Waals surface area contributed by atoms with Gasteiger partial charge in [0, 0.05) is 23.7 Å². The molecule has 7 nitrogen and oxygen atoms in total. The van der Waals surface area contributed by atoms with E-state index in [4.69, 9.17) is 4.74 Å². The summed E-state index contributed by atoms with van der Waals surface area (Å²) in [5.41, 5.74) is 2.88. The molecule has 0 bridgehead atoms. The van der Waals surface area contributed by atoms with Crippen LogP contribution in [0.5, 0.6) is 5.75 Å². The lowest BCUT2D eigenvalue weighted by atomic mass is 10.1. The lowest BCUT2D eigenvalue weighted by Gasteiger charge is -2.18. The summed E-state index contributed by atoms with van der Waals surface area (Å²) in [4.78, 5) is 38.5. The van der Waals surface area contributed by atoms with Gasteiger partial charge in [-0.3, -0.25) is 19.1 Å². The van der Waals surface area contributed by atoms with E-state index in [1.54, 1.807) is 71.2 Å². The van der Waals surface area contributed by atoms with E-state index in [2.05, 4.69) is 5.10 Å². The van der Waals surface area contributed by atoms with Crippen molar-refractivity contribution in [2.75, 3.05) is 11.9 Å². The molecule has 33 heavy (non-hydrogen) atoms. The van der Waals surface area contributed by atoms with Crippen LogP contribution in [-0.2, 0) is 11.3 Å². The fraction of sp³-hybridized carbons (Fsp3) is 0.154. The molecule has 1 amide bonds. The first-order valence-electron chi connectivity index (χ1n) is 10.5. The molecule has 166 valence electrons. The van der Waals surface area contributed by atoms with Gasteiger partial charge in [-0.1, -0.05) is 29.8 Å². The molecule has 1 heterocycles. The topological polar surface area (TPSA) is 81.5 Å². The quantitative estimate of drug-likeness (QED) is 0.334. The first-order valence-corrected chi connectivity index (χ1v) is 10.5. The molecule has 0 fully saturated rings. The molecule has 7 heteroatoms. The van der Waals surface area contributed by atoms with Crippen LogP contribution in [0, 0.1) is 6.92 Å². The minimum absolute atomic E-state index is 0.0907. The number of carbonyl (C=O) groups excluding carboxylic acids is 2.